The van der Waals surface area contributed by atoms with Gasteiger partial charge in [0.2, 0.25) is 0 Å². The van der Waals surface area contributed by atoms with Crippen LogP contribution in [0.3, 0.4) is 0 Å². The molecule has 2 aliphatic heterocycles. The normalized spacial score (nSPS) is 20.4. The lowest BCUT2D eigenvalue weighted by Gasteiger charge is -2.23. The third-order valence-electron chi connectivity index (χ3n) is 5.20. The molecule has 120 valence electrons. The number of methoxy groups -OCH3 is 1. The summed E-state index contributed by atoms with van der Waals surface area (Å²) in [5.41, 5.74) is 1.58. The molecule has 0 fully saturated rings. The van der Waals surface area contributed by atoms with E-state index < -0.39 is 5.97 Å². The quantitative estimate of drug-likeness (QED) is 0.645. The van der Waals surface area contributed by atoms with Crippen LogP contribution in [0.5, 0.6) is 23.0 Å². The molecule has 0 bridgehead atoms. The molecule has 1 atom stereocenters. The van der Waals surface area contributed by atoms with E-state index in [2.05, 4.69) is 0 Å². The summed E-state index contributed by atoms with van der Waals surface area (Å²) in [5.74, 6) is 0.779. The maximum Gasteiger partial charge on any atom is 0.348 e. The number of rotatable bonds is 1. The summed E-state index contributed by atoms with van der Waals surface area (Å²) < 4.78 is 16.8. The number of fused-ring (bicyclic) bond motifs is 2. The number of hydrogen-bond donors (Lipinski definition) is 1. The fraction of sp³-hybridized carbons (Fsp3) is 0.389. The molecule has 5 nitrogen and oxygen atoms in total. The minimum Gasteiger partial charge on any atom is -0.504 e. The number of phenolic OH excluding ortho intramolecular Hbond substituents is 1. The minimum atomic E-state index is -0.508. The van der Waals surface area contributed by atoms with Gasteiger partial charge in [0.1, 0.15) is 23.2 Å². The Balaban J connectivity index is 2.25. The van der Waals surface area contributed by atoms with Crippen molar-refractivity contribution in [3.8, 4) is 23.0 Å². The highest BCUT2D eigenvalue weighted by molar-refractivity contribution is 6.18. The van der Waals surface area contributed by atoms with Gasteiger partial charge in [-0.2, -0.15) is 0 Å². The Labute approximate surface area is 133 Å². The first-order valence-corrected chi connectivity index (χ1v) is 7.58. The van der Waals surface area contributed by atoms with Crippen molar-refractivity contribution in [3.05, 3.63) is 22.8 Å². The van der Waals surface area contributed by atoms with Gasteiger partial charge in [-0.3, -0.25) is 0 Å². The topological polar surface area (TPSA) is 65.0 Å². The minimum absolute atomic E-state index is 0.0124. The van der Waals surface area contributed by atoms with Gasteiger partial charge in [-0.05, 0) is 25.5 Å². The molecule has 0 spiro atoms. The van der Waals surface area contributed by atoms with Gasteiger partial charge < -0.3 is 19.3 Å². The molecule has 0 aromatic heterocycles. The highest BCUT2D eigenvalue weighted by Gasteiger charge is 2.46. The second-order valence-corrected chi connectivity index (χ2v) is 6.77. The van der Waals surface area contributed by atoms with Crippen molar-refractivity contribution >= 4 is 16.7 Å². The standard InChI is InChI=1S/C18H18O5/c1-7-6-9(21-5)11-12-10(7)15-13(18(3,4)8(2)22-15)14(19)16(12)23-17(11)20/h6,8,19H,1-5H3. The molecule has 0 saturated heterocycles. The van der Waals surface area contributed by atoms with E-state index in [1.54, 1.807) is 0 Å². The van der Waals surface area contributed by atoms with Crippen LogP contribution in [0.25, 0.3) is 10.8 Å². The van der Waals surface area contributed by atoms with Crippen molar-refractivity contribution in [2.45, 2.75) is 39.2 Å². The fourth-order valence-electron chi connectivity index (χ4n) is 3.62. The van der Waals surface area contributed by atoms with Crippen molar-refractivity contribution < 1.29 is 24.1 Å². The second-order valence-electron chi connectivity index (χ2n) is 6.77. The summed E-state index contributed by atoms with van der Waals surface area (Å²) in [7, 11) is 1.51. The molecule has 0 saturated carbocycles. The Morgan fingerprint density at radius 3 is 2.61 bits per heavy atom. The zero-order chi connectivity index (χ0) is 16.7. The predicted molar refractivity (Wildman–Crippen MR) is 85.0 cm³/mol. The van der Waals surface area contributed by atoms with Crippen LogP contribution < -0.4 is 14.2 Å². The van der Waals surface area contributed by atoms with Gasteiger partial charge >= 0.3 is 5.97 Å². The molecule has 1 N–H and O–H groups in total. The Bertz CT molecular complexity index is 895. The molecule has 1 unspecified atom stereocenters. The van der Waals surface area contributed by atoms with Crippen LogP contribution in [0.15, 0.2) is 6.07 Å². The van der Waals surface area contributed by atoms with Crippen LogP contribution in [-0.2, 0) is 5.41 Å². The largest absolute Gasteiger partial charge is 0.504 e. The van der Waals surface area contributed by atoms with Crippen molar-refractivity contribution in [3.63, 3.8) is 0 Å². The summed E-state index contributed by atoms with van der Waals surface area (Å²) in [6.07, 6.45) is -0.0954. The van der Waals surface area contributed by atoms with Crippen LogP contribution in [0, 0.1) is 6.92 Å². The average molecular weight is 314 g/mol. The van der Waals surface area contributed by atoms with E-state index in [9.17, 15) is 9.90 Å². The summed E-state index contributed by atoms with van der Waals surface area (Å²) in [6, 6.07) is 1.81. The van der Waals surface area contributed by atoms with Gasteiger partial charge in [-0.25, -0.2) is 4.79 Å². The van der Waals surface area contributed by atoms with Gasteiger partial charge in [0.15, 0.2) is 11.5 Å². The maximum absolute atomic E-state index is 12.3. The number of aryl methyl sites for hydroxylation is 1. The van der Waals surface area contributed by atoms with Crippen LogP contribution in [0.1, 0.15) is 42.3 Å². The lowest BCUT2D eigenvalue weighted by Crippen LogP contribution is -2.28. The maximum atomic E-state index is 12.3. The SMILES string of the molecule is COc1cc(C)c2c3c(c(O)c4c2c1C(=O)O4)C(C)(C)C(C)O3. The molecular formula is C18H18O5. The predicted octanol–water partition coefficient (Wildman–Crippen LogP) is 3.45. The van der Waals surface area contributed by atoms with Crippen molar-refractivity contribution in [2.24, 2.45) is 0 Å². The third-order valence-corrected chi connectivity index (χ3v) is 5.20. The number of hydrogen-bond acceptors (Lipinski definition) is 5. The Kier molecular flexibility index (Phi) is 2.53. The molecule has 5 heteroatoms. The lowest BCUT2D eigenvalue weighted by molar-refractivity contribution is 0.0746. The fourth-order valence-corrected chi connectivity index (χ4v) is 3.62. The van der Waals surface area contributed by atoms with Crippen molar-refractivity contribution in [1.29, 1.82) is 0 Å². The molecular weight excluding hydrogens is 296 g/mol. The van der Waals surface area contributed by atoms with Crippen molar-refractivity contribution in [1.82, 2.24) is 0 Å². The first kappa shape index (κ1) is 14.2. The Morgan fingerprint density at radius 1 is 1.26 bits per heavy atom. The van der Waals surface area contributed by atoms with Gasteiger partial charge in [-0.15, -0.1) is 0 Å². The van der Waals surface area contributed by atoms with E-state index in [1.807, 2.05) is 33.8 Å². The molecule has 2 heterocycles. The monoisotopic (exact) mass is 314 g/mol. The van der Waals surface area contributed by atoms with Gasteiger partial charge in [0.25, 0.3) is 0 Å². The first-order valence-electron chi connectivity index (χ1n) is 7.58. The summed E-state index contributed by atoms with van der Waals surface area (Å²) in [6.45, 7) is 7.93. The highest BCUT2D eigenvalue weighted by atomic mass is 16.5. The smallest absolute Gasteiger partial charge is 0.348 e. The highest BCUT2D eigenvalue weighted by Crippen LogP contribution is 2.59. The van der Waals surface area contributed by atoms with Gasteiger partial charge in [0.05, 0.1) is 12.5 Å². The molecule has 4 rings (SSSR count). The number of ether oxygens (including phenoxy) is 3. The molecule has 0 amide bonds. The molecule has 0 aliphatic carbocycles. The van der Waals surface area contributed by atoms with Crippen LogP contribution in [0.2, 0.25) is 0 Å². The van der Waals surface area contributed by atoms with E-state index in [4.69, 9.17) is 14.2 Å². The number of benzene rings is 2. The average Bonchev–Trinajstić information content (AvgIpc) is 2.93. The number of phenols is 1. The molecule has 23 heavy (non-hydrogen) atoms. The first-order chi connectivity index (χ1) is 10.8. The second kappa shape index (κ2) is 4.10. The number of esters is 1. The van der Waals surface area contributed by atoms with Gasteiger partial charge in [-0.1, -0.05) is 13.8 Å². The van der Waals surface area contributed by atoms with E-state index in [0.29, 0.717) is 28.0 Å². The zero-order valence-corrected chi connectivity index (χ0v) is 13.7. The van der Waals surface area contributed by atoms with Gasteiger partial charge in [0, 0.05) is 16.4 Å². The lowest BCUT2D eigenvalue weighted by atomic mass is 9.79. The van der Waals surface area contributed by atoms with Crippen molar-refractivity contribution in [2.75, 3.05) is 7.11 Å². The van der Waals surface area contributed by atoms with E-state index in [-0.39, 0.29) is 23.0 Å². The molecule has 2 aliphatic rings. The van der Waals surface area contributed by atoms with E-state index >= 15 is 0 Å². The molecule has 2 aromatic carbocycles. The number of carbonyl (C=O) groups excluding carboxylic acids is 1. The Morgan fingerprint density at radius 2 is 1.96 bits per heavy atom. The zero-order valence-electron chi connectivity index (χ0n) is 13.7. The number of aromatic hydroxyl groups is 1. The summed E-state index contributed by atoms with van der Waals surface area (Å²) >= 11 is 0. The molecule has 2 aromatic rings. The van der Waals surface area contributed by atoms with E-state index in [1.165, 1.54) is 7.11 Å². The van der Waals surface area contributed by atoms with Crippen LogP contribution in [0.4, 0.5) is 0 Å². The van der Waals surface area contributed by atoms with E-state index in [0.717, 1.165) is 10.9 Å². The van der Waals surface area contributed by atoms with Crippen LogP contribution in [-0.4, -0.2) is 24.3 Å². The number of carbonyl (C=O) groups is 1. The summed E-state index contributed by atoms with van der Waals surface area (Å²) in [4.78, 5) is 12.3. The third kappa shape index (κ3) is 1.49. The Hall–Kier alpha value is -2.43. The van der Waals surface area contributed by atoms with Crippen LogP contribution >= 0.6 is 0 Å². The molecule has 0 radical (unpaired) electrons. The summed E-state index contributed by atoms with van der Waals surface area (Å²) in [5, 5.41) is 12.2.